The van der Waals surface area contributed by atoms with Gasteiger partial charge in [-0.05, 0) is 62.2 Å². The highest BCUT2D eigenvalue weighted by Crippen LogP contribution is 2.29. The number of nitrogens with zero attached hydrogens (tertiary/aromatic N) is 1. The summed E-state index contributed by atoms with van der Waals surface area (Å²) in [6.45, 7) is 5.64. The van der Waals surface area contributed by atoms with E-state index >= 15 is 0 Å². The van der Waals surface area contributed by atoms with E-state index < -0.39 is 0 Å². The van der Waals surface area contributed by atoms with Crippen LogP contribution in [0.3, 0.4) is 0 Å². The molecule has 6 nitrogen and oxygen atoms in total. The minimum atomic E-state index is -0.275. The summed E-state index contributed by atoms with van der Waals surface area (Å²) in [6, 6.07) is 16.5. The van der Waals surface area contributed by atoms with Crippen molar-refractivity contribution in [2.45, 2.75) is 20.3 Å². The third kappa shape index (κ3) is 6.12. The third-order valence-corrected chi connectivity index (χ3v) is 4.82. The van der Waals surface area contributed by atoms with E-state index in [1.807, 2.05) is 44.2 Å². The molecule has 0 radical (unpaired) electrons. The quantitative estimate of drug-likeness (QED) is 0.440. The predicted molar refractivity (Wildman–Crippen MR) is 125 cm³/mol. The smallest absolute Gasteiger partial charge is 0.259 e. The lowest BCUT2D eigenvalue weighted by atomic mass is 10.1. The fraction of sp³-hybridized carbons (Fsp3) is 0.250. The van der Waals surface area contributed by atoms with Crippen molar-refractivity contribution in [2.24, 2.45) is 0 Å². The molecular formula is C24H26ClN3O3. The van der Waals surface area contributed by atoms with Gasteiger partial charge in [-0.2, -0.15) is 0 Å². The monoisotopic (exact) mass is 439 g/mol. The van der Waals surface area contributed by atoms with Crippen molar-refractivity contribution < 1.29 is 14.3 Å². The number of pyridine rings is 1. The first-order valence-corrected chi connectivity index (χ1v) is 10.6. The number of anilines is 2. The van der Waals surface area contributed by atoms with Crippen molar-refractivity contribution in [3.63, 3.8) is 0 Å². The van der Waals surface area contributed by atoms with Crippen molar-refractivity contribution in [3.05, 3.63) is 76.9 Å². The van der Waals surface area contributed by atoms with Gasteiger partial charge in [0.25, 0.3) is 5.91 Å². The van der Waals surface area contributed by atoms with Crippen LogP contribution in [0.25, 0.3) is 0 Å². The van der Waals surface area contributed by atoms with E-state index in [2.05, 4.69) is 15.6 Å². The average Bonchev–Trinajstić information content (AvgIpc) is 2.77. The number of ether oxygens (including phenoxy) is 2. The zero-order valence-corrected chi connectivity index (χ0v) is 18.4. The highest BCUT2D eigenvalue weighted by atomic mass is 35.5. The van der Waals surface area contributed by atoms with Gasteiger partial charge in [0, 0.05) is 12.7 Å². The van der Waals surface area contributed by atoms with E-state index in [4.69, 9.17) is 21.1 Å². The van der Waals surface area contributed by atoms with Gasteiger partial charge in [-0.15, -0.1) is 0 Å². The van der Waals surface area contributed by atoms with Crippen molar-refractivity contribution >= 4 is 29.0 Å². The third-order valence-electron chi connectivity index (χ3n) is 4.49. The molecular weight excluding hydrogens is 414 g/mol. The SMILES string of the molecule is CCOc1ccc(CCNc2ncccc2C(=O)Nc2ccccc2Cl)cc1OCC. The lowest BCUT2D eigenvalue weighted by Crippen LogP contribution is -2.17. The highest BCUT2D eigenvalue weighted by molar-refractivity contribution is 6.34. The van der Waals surface area contributed by atoms with E-state index in [0.29, 0.717) is 41.8 Å². The Morgan fingerprint density at radius 2 is 1.77 bits per heavy atom. The Hall–Kier alpha value is -3.25. The number of amides is 1. The maximum Gasteiger partial charge on any atom is 0.259 e. The summed E-state index contributed by atoms with van der Waals surface area (Å²) < 4.78 is 11.3. The molecule has 1 aromatic heterocycles. The molecule has 0 aliphatic rings. The van der Waals surface area contributed by atoms with Crippen LogP contribution in [0.5, 0.6) is 11.5 Å². The molecule has 0 saturated carbocycles. The fourth-order valence-electron chi connectivity index (χ4n) is 3.06. The number of carbonyl (C=O) groups excluding carboxylic acids is 1. The van der Waals surface area contributed by atoms with Gasteiger partial charge in [0.1, 0.15) is 5.82 Å². The van der Waals surface area contributed by atoms with E-state index in [9.17, 15) is 4.79 Å². The van der Waals surface area contributed by atoms with Gasteiger partial charge in [-0.1, -0.05) is 29.8 Å². The molecule has 31 heavy (non-hydrogen) atoms. The zero-order valence-electron chi connectivity index (χ0n) is 17.7. The van der Waals surface area contributed by atoms with Crippen LogP contribution in [0, 0.1) is 0 Å². The van der Waals surface area contributed by atoms with E-state index in [-0.39, 0.29) is 5.91 Å². The summed E-state index contributed by atoms with van der Waals surface area (Å²) in [5.41, 5.74) is 2.10. The summed E-state index contributed by atoms with van der Waals surface area (Å²) >= 11 is 6.15. The first-order chi connectivity index (χ1) is 15.1. The van der Waals surface area contributed by atoms with Crippen LogP contribution in [0.4, 0.5) is 11.5 Å². The first kappa shape index (κ1) is 22.4. The van der Waals surface area contributed by atoms with Gasteiger partial charge in [0.15, 0.2) is 11.5 Å². The summed E-state index contributed by atoms with van der Waals surface area (Å²) in [7, 11) is 0. The fourth-order valence-corrected chi connectivity index (χ4v) is 3.24. The number of carbonyl (C=O) groups is 1. The summed E-state index contributed by atoms with van der Waals surface area (Å²) in [6.07, 6.45) is 2.38. The number of halogens is 1. The number of hydrogen-bond donors (Lipinski definition) is 2. The minimum Gasteiger partial charge on any atom is -0.490 e. The van der Waals surface area contributed by atoms with Crippen LogP contribution in [0.15, 0.2) is 60.8 Å². The molecule has 0 aliphatic heterocycles. The second-order valence-corrected chi connectivity index (χ2v) is 7.06. The molecule has 0 aliphatic carbocycles. The minimum absolute atomic E-state index is 0.275. The first-order valence-electron chi connectivity index (χ1n) is 10.3. The second kappa shape index (κ2) is 11.2. The molecule has 162 valence electrons. The molecule has 0 unspecified atom stereocenters. The Kier molecular flexibility index (Phi) is 8.12. The number of para-hydroxylation sites is 1. The normalized spacial score (nSPS) is 10.4. The van der Waals surface area contributed by atoms with Crippen LogP contribution in [-0.4, -0.2) is 30.6 Å². The summed E-state index contributed by atoms with van der Waals surface area (Å²) in [4.78, 5) is 17.1. The van der Waals surface area contributed by atoms with Gasteiger partial charge in [-0.3, -0.25) is 4.79 Å². The number of benzene rings is 2. The maximum atomic E-state index is 12.8. The van der Waals surface area contributed by atoms with Crippen LogP contribution >= 0.6 is 11.6 Å². The van der Waals surface area contributed by atoms with Crippen LogP contribution in [0.2, 0.25) is 5.02 Å². The molecule has 1 amide bonds. The van der Waals surface area contributed by atoms with Crippen molar-refractivity contribution in [3.8, 4) is 11.5 Å². The Morgan fingerprint density at radius 3 is 2.55 bits per heavy atom. The van der Waals surface area contributed by atoms with Gasteiger partial charge >= 0.3 is 0 Å². The van der Waals surface area contributed by atoms with E-state index in [1.165, 1.54) is 0 Å². The second-order valence-electron chi connectivity index (χ2n) is 6.66. The van der Waals surface area contributed by atoms with Crippen molar-refractivity contribution in [1.82, 2.24) is 4.98 Å². The van der Waals surface area contributed by atoms with Gasteiger partial charge < -0.3 is 20.1 Å². The molecule has 0 saturated heterocycles. The largest absolute Gasteiger partial charge is 0.490 e. The van der Waals surface area contributed by atoms with Gasteiger partial charge in [-0.25, -0.2) is 4.98 Å². The van der Waals surface area contributed by atoms with Crippen molar-refractivity contribution in [2.75, 3.05) is 30.4 Å². The Labute approximate surface area is 187 Å². The molecule has 3 rings (SSSR count). The highest BCUT2D eigenvalue weighted by Gasteiger charge is 2.14. The molecule has 2 aromatic carbocycles. The molecule has 3 aromatic rings. The van der Waals surface area contributed by atoms with Crippen LogP contribution in [-0.2, 0) is 6.42 Å². The Bertz CT molecular complexity index is 1030. The van der Waals surface area contributed by atoms with E-state index in [1.54, 1.807) is 30.5 Å². The van der Waals surface area contributed by atoms with E-state index in [0.717, 1.165) is 23.5 Å². The molecule has 0 fully saturated rings. The Balaban J connectivity index is 1.66. The Morgan fingerprint density at radius 1 is 1.00 bits per heavy atom. The van der Waals surface area contributed by atoms with Crippen LogP contribution < -0.4 is 20.1 Å². The number of hydrogen-bond acceptors (Lipinski definition) is 5. The molecule has 2 N–H and O–H groups in total. The van der Waals surface area contributed by atoms with Crippen molar-refractivity contribution in [1.29, 1.82) is 0 Å². The lowest BCUT2D eigenvalue weighted by molar-refractivity contribution is 0.102. The summed E-state index contributed by atoms with van der Waals surface area (Å²) in [5, 5.41) is 6.57. The summed E-state index contributed by atoms with van der Waals surface area (Å²) in [5.74, 6) is 1.72. The predicted octanol–water partition coefficient (Wildman–Crippen LogP) is 5.44. The lowest BCUT2D eigenvalue weighted by Gasteiger charge is -2.14. The maximum absolute atomic E-state index is 12.8. The number of nitrogens with one attached hydrogen (secondary N) is 2. The van der Waals surface area contributed by atoms with Crippen LogP contribution in [0.1, 0.15) is 29.8 Å². The molecule has 0 bridgehead atoms. The standard InChI is InChI=1S/C24H26ClN3O3/c1-3-30-21-12-11-17(16-22(21)31-4-2)13-15-27-23-18(8-7-14-26-23)24(29)28-20-10-6-5-9-19(20)25/h5-12,14,16H,3-4,13,15H2,1-2H3,(H,26,27)(H,28,29). The number of rotatable bonds is 10. The molecule has 0 spiro atoms. The average molecular weight is 440 g/mol. The molecule has 0 atom stereocenters. The molecule has 7 heteroatoms. The van der Waals surface area contributed by atoms with Gasteiger partial charge in [0.05, 0.1) is 29.5 Å². The number of aromatic nitrogens is 1. The van der Waals surface area contributed by atoms with Gasteiger partial charge in [0.2, 0.25) is 0 Å². The topological polar surface area (TPSA) is 72.5 Å². The molecule has 1 heterocycles. The zero-order chi connectivity index (χ0) is 22.1.